The Morgan fingerprint density at radius 1 is 1.42 bits per heavy atom. The van der Waals surface area contributed by atoms with Gasteiger partial charge in [-0.2, -0.15) is 29.8 Å². The summed E-state index contributed by atoms with van der Waals surface area (Å²) < 4.78 is 7.73. The fraction of sp³-hybridized carbons (Fsp3) is 0.474. The van der Waals surface area contributed by atoms with Crippen molar-refractivity contribution in [3.8, 4) is 0 Å². The van der Waals surface area contributed by atoms with Crippen LogP contribution >= 0.6 is 25.3 Å². The fourth-order valence-corrected chi connectivity index (χ4v) is 3.70. The van der Waals surface area contributed by atoms with Crippen LogP contribution in [0.4, 0.5) is 5.69 Å². The maximum Gasteiger partial charge on any atom is 0.338 e. The van der Waals surface area contributed by atoms with Crippen LogP contribution in [0.5, 0.6) is 0 Å². The van der Waals surface area contributed by atoms with Crippen LogP contribution in [0.15, 0.2) is 30.9 Å². The number of benzene rings is 1. The van der Waals surface area contributed by atoms with E-state index >= 15 is 0 Å². The molecule has 0 aromatic heterocycles. The van der Waals surface area contributed by atoms with E-state index in [0.717, 1.165) is 35.6 Å². The molecule has 1 aromatic rings. The lowest BCUT2D eigenvalue weighted by Gasteiger charge is -2.17. The predicted molar refractivity (Wildman–Crippen MR) is 107 cm³/mol. The van der Waals surface area contributed by atoms with Crippen LogP contribution in [-0.2, 0) is 10.2 Å². The largest absolute Gasteiger partial charge is 0.458 e. The smallest absolute Gasteiger partial charge is 0.338 e. The zero-order chi connectivity index (χ0) is 17.9. The average molecular weight is 365 g/mol. The number of hydrogen-bond acceptors (Lipinski definition) is 4. The highest BCUT2D eigenvalue weighted by Crippen LogP contribution is 2.39. The van der Waals surface area contributed by atoms with Gasteiger partial charge in [0.05, 0.1) is 11.0 Å². The molecule has 1 unspecified atom stereocenters. The lowest BCUT2D eigenvalue weighted by atomic mass is 9.81. The normalized spacial score (nSPS) is 16.7. The lowest BCUT2D eigenvalue weighted by Crippen LogP contribution is -2.26. The first kappa shape index (κ1) is 19.1. The highest BCUT2D eigenvalue weighted by Gasteiger charge is 2.43. The highest BCUT2D eigenvalue weighted by molar-refractivity contribution is 7.80. The van der Waals surface area contributed by atoms with Gasteiger partial charge in [0.2, 0.25) is 5.69 Å². The molecule has 5 heteroatoms. The van der Waals surface area contributed by atoms with E-state index in [9.17, 15) is 4.79 Å². The number of ether oxygens (including phenoxy) is 1. The number of carbonyl (C=O) groups excluding carboxylic acids is 1. The molecule has 0 amide bonds. The van der Waals surface area contributed by atoms with Crippen molar-refractivity contribution in [2.75, 3.05) is 18.6 Å². The van der Waals surface area contributed by atoms with Crippen LogP contribution < -0.4 is 0 Å². The molecule has 0 fully saturated rings. The van der Waals surface area contributed by atoms with E-state index in [1.807, 2.05) is 31.3 Å². The van der Waals surface area contributed by atoms with Crippen molar-refractivity contribution in [2.24, 2.45) is 0 Å². The van der Waals surface area contributed by atoms with Crippen molar-refractivity contribution in [2.45, 2.75) is 38.2 Å². The molecule has 1 aromatic carbocycles. The molecular weight excluding hydrogens is 338 g/mol. The number of esters is 1. The first-order chi connectivity index (χ1) is 11.4. The van der Waals surface area contributed by atoms with E-state index in [1.165, 1.54) is 0 Å². The topological polar surface area (TPSA) is 29.3 Å². The first-order valence-electron chi connectivity index (χ1n) is 8.17. The predicted octanol–water partition coefficient (Wildman–Crippen LogP) is 4.04. The summed E-state index contributed by atoms with van der Waals surface area (Å²) in [7, 11) is 2.02. The zero-order valence-electron chi connectivity index (χ0n) is 14.6. The van der Waals surface area contributed by atoms with Crippen molar-refractivity contribution in [1.29, 1.82) is 0 Å². The third-order valence-corrected chi connectivity index (χ3v) is 5.35. The van der Waals surface area contributed by atoms with E-state index < -0.39 is 0 Å². The van der Waals surface area contributed by atoms with Crippen LogP contribution in [-0.4, -0.2) is 40.9 Å². The Labute approximate surface area is 155 Å². The molecule has 1 aliphatic rings. The third kappa shape index (κ3) is 3.57. The number of thiol groups is 2. The zero-order valence-corrected chi connectivity index (χ0v) is 16.4. The van der Waals surface area contributed by atoms with Crippen molar-refractivity contribution < 1.29 is 14.1 Å². The second kappa shape index (κ2) is 7.79. The molecule has 24 heavy (non-hydrogen) atoms. The summed E-state index contributed by atoms with van der Waals surface area (Å²) in [4.78, 5) is 12.5. The second-order valence-corrected chi connectivity index (χ2v) is 7.39. The van der Waals surface area contributed by atoms with Crippen molar-refractivity contribution in [3.05, 3.63) is 42.0 Å². The van der Waals surface area contributed by atoms with Crippen LogP contribution in [0.3, 0.4) is 0 Å². The van der Waals surface area contributed by atoms with Gasteiger partial charge in [0.15, 0.2) is 5.71 Å². The summed E-state index contributed by atoms with van der Waals surface area (Å²) in [5, 5.41) is 0. The molecule has 1 atom stereocenters. The number of fused-ring (bicyclic) bond motifs is 1. The molecule has 0 N–H and O–H groups in total. The number of allylic oxidation sites excluding steroid dienone is 1. The second-order valence-electron chi connectivity index (χ2n) is 6.58. The molecule has 2 rings (SSSR count). The summed E-state index contributed by atoms with van der Waals surface area (Å²) in [6.07, 6.45) is 3.40. The lowest BCUT2D eigenvalue weighted by molar-refractivity contribution is -0.401. The average Bonchev–Trinajstić information content (AvgIpc) is 2.76. The minimum Gasteiger partial charge on any atom is -0.458 e. The number of rotatable bonds is 7. The van der Waals surface area contributed by atoms with Gasteiger partial charge in [-0.1, -0.05) is 6.58 Å². The van der Waals surface area contributed by atoms with Crippen LogP contribution in [0, 0.1) is 0 Å². The number of carbonyl (C=O) groups is 1. The van der Waals surface area contributed by atoms with Gasteiger partial charge in [0.25, 0.3) is 0 Å². The van der Waals surface area contributed by atoms with Crippen LogP contribution in [0.2, 0.25) is 0 Å². The fourth-order valence-electron chi connectivity index (χ4n) is 3.26. The Bertz CT molecular complexity index is 680. The van der Waals surface area contributed by atoms with E-state index in [4.69, 9.17) is 4.74 Å². The van der Waals surface area contributed by atoms with Gasteiger partial charge in [-0.25, -0.2) is 4.79 Å². The van der Waals surface area contributed by atoms with Crippen molar-refractivity contribution in [3.63, 3.8) is 0 Å². The Hall–Kier alpha value is -1.20. The molecule has 0 radical (unpaired) electrons. The Kier molecular flexibility index (Phi) is 6.21. The maximum atomic E-state index is 12.5. The highest BCUT2D eigenvalue weighted by atomic mass is 32.1. The minimum absolute atomic E-state index is 0.174. The van der Waals surface area contributed by atoms with E-state index in [-0.39, 0.29) is 17.5 Å². The first-order valence-corrected chi connectivity index (χ1v) is 9.44. The van der Waals surface area contributed by atoms with E-state index in [1.54, 1.807) is 0 Å². The van der Waals surface area contributed by atoms with Crippen molar-refractivity contribution >= 4 is 42.6 Å². The number of nitrogens with zero attached hydrogens (tertiary/aromatic N) is 1. The van der Waals surface area contributed by atoms with Crippen molar-refractivity contribution in [1.82, 2.24) is 0 Å². The quantitative estimate of drug-likeness (QED) is 0.434. The molecule has 3 nitrogen and oxygen atoms in total. The van der Waals surface area contributed by atoms with Gasteiger partial charge in [-0.3, -0.25) is 0 Å². The van der Waals surface area contributed by atoms with Gasteiger partial charge < -0.3 is 4.74 Å². The molecule has 0 aliphatic carbocycles. The molecule has 0 spiro atoms. The monoisotopic (exact) mass is 364 g/mol. The molecule has 0 saturated carbocycles. The van der Waals surface area contributed by atoms with Gasteiger partial charge in [0, 0.05) is 17.4 Å². The minimum atomic E-state index is -0.290. The van der Waals surface area contributed by atoms with Gasteiger partial charge in [-0.15, -0.1) is 0 Å². The summed E-state index contributed by atoms with van der Waals surface area (Å²) in [5.41, 5.74) is 3.75. The van der Waals surface area contributed by atoms with Gasteiger partial charge >= 0.3 is 5.97 Å². The Morgan fingerprint density at radius 3 is 2.71 bits per heavy atom. The summed E-state index contributed by atoms with van der Waals surface area (Å²) in [5.74, 6) is 1.01. The molecule has 1 aliphatic heterocycles. The Morgan fingerprint density at radius 2 is 2.12 bits per heavy atom. The van der Waals surface area contributed by atoms with Crippen LogP contribution in [0.25, 0.3) is 0 Å². The molecule has 0 bridgehead atoms. The number of hydrogen-bond donors (Lipinski definition) is 2. The summed E-state index contributed by atoms with van der Waals surface area (Å²) in [6, 6.07) is 5.75. The Balaban J connectivity index is 2.25. The molecule has 130 valence electrons. The summed E-state index contributed by atoms with van der Waals surface area (Å²) in [6.45, 7) is 8.21. The summed E-state index contributed by atoms with van der Waals surface area (Å²) >= 11 is 8.48. The SMILES string of the molecule is C=CC1=[N+](C)c2ccc(C(=O)OC(CS)CCCS)cc2C1(C)C. The van der Waals surface area contributed by atoms with E-state index in [2.05, 4.69) is 50.3 Å². The van der Waals surface area contributed by atoms with Crippen LogP contribution in [0.1, 0.15) is 42.6 Å². The standard InChI is InChI=1S/C19H25NO2S2/c1-5-17-19(2,3)15-11-13(8-9-16(15)20(17)4)18(21)22-14(12-24)7-6-10-23/h5,8-9,11,14H,1,6-7,10,12H2,2-4H3,(H-,23,24)/p+1. The van der Waals surface area contributed by atoms with Gasteiger partial charge in [0.1, 0.15) is 13.2 Å². The van der Waals surface area contributed by atoms with E-state index in [0.29, 0.717) is 11.3 Å². The maximum absolute atomic E-state index is 12.5. The molecular formula is C19H26NO2S2+. The van der Waals surface area contributed by atoms with Gasteiger partial charge in [-0.05, 0) is 50.7 Å². The third-order valence-electron chi connectivity index (χ3n) is 4.62. The molecule has 1 heterocycles. The molecule has 0 saturated heterocycles.